The average molecular weight is 423 g/mol. The fraction of sp³-hybridized carbons (Fsp3) is 0.400. The summed E-state index contributed by atoms with van der Waals surface area (Å²) in [6, 6.07) is 14.4. The molecule has 1 aliphatic rings. The maximum Gasteiger partial charge on any atom is 0.253 e. The Hall–Kier alpha value is -2.99. The Bertz CT molecular complexity index is 898. The molecule has 3 rings (SSSR count). The fourth-order valence-electron chi connectivity index (χ4n) is 3.64. The van der Waals surface area contributed by atoms with Gasteiger partial charge in [-0.3, -0.25) is 14.4 Å². The van der Waals surface area contributed by atoms with Crippen LogP contribution in [0.25, 0.3) is 0 Å². The summed E-state index contributed by atoms with van der Waals surface area (Å²) in [5.41, 5.74) is 2.19. The van der Waals surface area contributed by atoms with E-state index in [1.54, 1.807) is 31.4 Å². The van der Waals surface area contributed by atoms with E-state index < -0.39 is 0 Å². The first kappa shape index (κ1) is 22.7. The van der Waals surface area contributed by atoms with Crippen molar-refractivity contribution in [2.45, 2.75) is 25.7 Å². The number of aryl methyl sites for hydroxylation is 1. The van der Waals surface area contributed by atoms with E-state index in [0.717, 1.165) is 30.8 Å². The highest BCUT2D eigenvalue weighted by Gasteiger charge is 2.20. The molecule has 2 aromatic rings. The van der Waals surface area contributed by atoms with Gasteiger partial charge >= 0.3 is 0 Å². The number of nitrogens with zero attached hydrogens (tertiary/aromatic N) is 2. The summed E-state index contributed by atoms with van der Waals surface area (Å²) < 4.78 is 5.14. The van der Waals surface area contributed by atoms with E-state index in [9.17, 15) is 14.4 Å². The van der Waals surface area contributed by atoms with Crippen molar-refractivity contribution < 1.29 is 19.1 Å². The number of methoxy groups -OCH3 is 1. The van der Waals surface area contributed by atoms with Crippen LogP contribution in [-0.2, 0) is 11.2 Å². The van der Waals surface area contributed by atoms with Crippen molar-refractivity contribution in [2.24, 2.45) is 0 Å². The maximum absolute atomic E-state index is 12.6. The Morgan fingerprint density at radius 1 is 0.871 bits per heavy atom. The lowest BCUT2D eigenvalue weighted by Crippen LogP contribution is -2.47. The van der Waals surface area contributed by atoms with Crippen molar-refractivity contribution in [2.75, 3.05) is 40.3 Å². The van der Waals surface area contributed by atoms with Crippen molar-refractivity contribution in [3.8, 4) is 5.75 Å². The van der Waals surface area contributed by atoms with Crippen LogP contribution in [-0.4, -0.2) is 67.6 Å². The van der Waals surface area contributed by atoms with Gasteiger partial charge in [0.05, 0.1) is 13.5 Å². The van der Waals surface area contributed by atoms with E-state index in [1.165, 1.54) is 0 Å². The zero-order valence-electron chi connectivity index (χ0n) is 18.3. The molecule has 0 unspecified atom stereocenters. The Balaban J connectivity index is 1.45. The molecule has 1 aliphatic heterocycles. The number of ketones is 2. The van der Waals surface area contributed by atoms with Crippen LogP contribution in [0.15, 0.2) is 48.5 Å². The van der Waals surface area contributed by atoms with E-state index in [-0.39, 0.29) is 23.9 Å². The van der Waals surface area contributed by atoms with Crippen LogP contribution < -0.4 is 4.74 Å². The number of carbonyl (C=O) groups is 3. The van der Waals surface area contributed by atoms with E-state index in [1.807, 2.05) is 36.2 Å². The molecule has 0 aliphatic carbocycles. The summed E-state index contributed by atoms with van der Waals surface area (Å²) in [5, 5.41) is 0. The topological polar surface area (TPSA) is 66.9 Å². The third kappa shape index (κ3) is 6.49. The Labute approximate surface area is 183 Å². The lowest BCUT2D eigenvalue weighted by molar-refractivity contribution is -0.118. The Kier molecular flexibility index (Phi) is 7.95. The third-order valence-electron chi connectivity index (χ3n) is 5.68. The van der Waals surface area contributed by atoms with Crippen LogP contribution >= 0.6 is 0 Å². The molecule has 1 fully saturated rings. The number of piperazine rings is 1. The van der Waals surface area contributed by atoms with Gasteiger partial charge in [-0.25, -0.2) is 0 Å². The number of carbonyl (C=O) groups excluding carboxylic acids is 3. The summed E-state index contributed by atoms with van der Waals surface area (Å²) >= 11 is 0. The highest BCUT2D eigenvalue weighted by Crippen LogP contribution is 2.15. The van der Waals surface area contributed by atoms with Crippen molar-refractivity contribution in [1.82, 2.24) is 9.80 Å². The normalized spacial score (nSPS) is 14.3. The molecule has 164 valence electrons. The molecular weight excluding hydrogens is 392 g/mol. The van der Waals surface area contributed by atoms with Gasteiger partial charge in [-0.15, -0.1) is 0 Å². The highest BCUT2D eigenvalue weighted by molar-refractivity contribution is 6.08. The number of hydrogen-bond donors (Lipinski definition) is 0. The van der Waals surface area contributed by atoms with E-state index >= 15 is 0 Å². The molecule has 2 aromatic carbocycles. The van der Waals surface area contributed by atoms with Crippen molar-refractivity contribution in [3.63, 3.8) is 0 Å². The summed E-state index contributed by atoms with van der Waals surface area (Å²) in [5.74, 6) is 0.535. The first-order valence-corrected chi connectivity index (χ1v) is 10.7. The van der Waals surface area contributed by atoms with Gasteiger partial charge in [0, 0.05) is 43.7 Å². The second-order valence-electron chi connectivity index (χ2n) is 8.01. The van der Waals surface area contributed by atoms with E-state index in [0.29, 0.717) is 37.1 Å². The van der Waals surface area contributed by atoms with Gasteiger partial charge < -0.3 is 14.5 Å². The smallest absolute Gasteiger partial charge is 0.253 e. The lowest BCUT2D eigenvalue weighted by atomic mass is 10.0. The molecule has 6 heteroatoms. The maximum atomic E-state index is 12.6. The number of Topliss-reactive ketones (excluding diaryl/α,β-unsaturated/α-hetero) is 2. The minimum absolute atomic E-state index is 0.0123. The van der Waals surface area contributed by atoms with Crippen LogP contribution in [0.3, 0.4) is 0 Å². The van der Waals surface area contributed by atoms with Crippen LogP contribution in [0, 0.1) is 0 Å². The molecule has 0 N–H and O–H groups in total. The molecule has 1 saturated heterocycles. The van der Waals surface area contributed by atoms with Gasteiger partial charge in [0.25, 0.3) is 5.91 Å². The van der Waals surface area contributed by atoms with Crippen LogP contribution in [0.5, 0.6) is 5.75 Å². The second kappa shape index (κ2) is 10.9. The van der Waals surface area contributed by atoms with Crippen molar-refractivity contribution >= 4 is 17.5 Å². The highest BCUT2D eigenvalue weighted by atomic mass is 16.5. The largest absolute Gasteiger partial charge is 0.497 e. The standard InChI is InChI=1S/C25H30N2O4/c1-26-14-16-27(17-15-26)25(30)21-10-8-20(9-11-21)24(29)18-22(28)5-3-4-19-6-12-23(31-2)13-7-19/h6-13H,3-5,14-18H2,1-2H3. The minimum atomic E-state index is -0.201. The fourth-order valence-corrected chi connectivity index (χ4v) is 3.64. The molecule has 0 saturated carbocycles. The molecule has 0 radical (unpaired) electrons. The van der Waals surface area contributed by atoms with Gasteiger partial charge in [-0.05, 0) is 49.7 Å². The van der Waals surface area contributed by atoms with Gasteiger partial charge in [0.15, 0.2) is 5.78 Å². The van der Waals surface area contributed by atoms with Gasteiger partial charge in [0.1, 0.15) is 11.5 Å². The van der Waals surface area contributed by atoms with Gasteiger partial charge in [-0.2, -0.15) is 0 Å². The summed E-state index contributed by atoms with van der Waals surface area (Å²) in [7, 11) is 3.67. The monoisotopic (exact) mass is 422 g/mol. The zero-order valence-corrected chi connectivity index (χ0v) is 18.3. The first-order valence-electron chi connectivity index (χ1n) is 10.7. The average Bonchev–Trinajstić information content (AvgIpc) is 2.79. The number of amides is 1. The molecule has 6 nitrogen and oxygen atoms in total. The Morgan fingerprint density at radius 3 is 2.10 bits per heavy atom. The number of benzene rings is 2. The predicted octanol–water partition coefficient (Wildman–Crippen LogP) is 3.25. The molecule has 1 amide bonds. The zero-order chi connectivity index (χ0) is 22.2. The van der Waals surface area contributed by atoms with Crippen molar-refractivity contribution in [3.05, 3.63) is 65.2 Å². The van der Waals surface area contributed by atoms with E-state index in [2.05, 4.69) is 4.90 Å². The summed E-state index contributed by atoms with van der Waals surface area (Å²) in [4.78, 5) is 41.3. The summed E-state index contributed by atoms with van der Waals surface area (Å²) in [6.07, 6.45) is 1.76. The second-order valence-corrected chi connectivity index (χ2v) is 8.01. The molecule has 1 heterocycles. The quantitative estimate of drug-likeness (QED) is 0.458. The molecule has 0 aromatic heterocycles. The summed E-state index contributed by atoms with van der Waals surface area (Å²) in [6.45, 7) is 3.15. The van der Waals surface area contributed by atoms with Gasteiger partial charge in [-0.1, -0.05) is 24.3 Å². The SMILES string of the molecule is COc1ccc(CCCC(=O)CC(=O)c2ccc(C(=O)N3CCN(C)CC3)cc2)cc1. The lowest BCUT2D eigenvalue weighted by Gasteiger charge is -2.32. The van der Waals surface area contributed by atoms with Crippen LogP contribution in [0.1, 0.15) is 45.5 Å². The molecule has 0 atom stereocenters. The number of rotatable bonds is 9. The molecular formula is C25H30N2O4. The van der Waals surface area contributed by atoms with Crippen LogP contribution in [0.2, 0.25) is 0 Å². The third-order valence-corrected chi connectivity index (χ3v) is 5.68. The molecule has 31 heavy (non-hydrogen) atoms. The first-order chi connectivity index (χ1) is 15.0. The minimum Gasteiger partial charge on any atom is -0.497 e. The number of likely N-dealkylation sites (N-methyl/N-ethyl adjacent to an activating group) is 1. The van der Waals surface area contributed by atoms with Crippen LogP contribution in [0.4, 0.5) is 0 Å². The Morgan fingerprint density at radius 2 is 1.48 bits per heavy atom. The number of ether oxygens (including phenoxy) is 1. The van der Waals surface area contributed by atoms with Crippen molar-refractivity contribution in [1.29, 1.82) is 0 Å². The number of hydrogen-bond acceptors (Lipinski definition) is 5. The molecule has 0 bridgehead atoms. The molecule has 0 spiro atoms. The van der Waals surface area contributed by atoms with Gasteiger partial charge in [0.2, 0.25) is 0 Å². The predicted molar refractivity (Wildman–Crippen MR) is 120 cm³/mol. The van der Waals surface area contributed by atoms with E-state index in [4.69, 9.17) is 4.74 Å².